The van der Waals surface area contributed by atoms with Gasteiger partial charge in [-0.15, -0.1) is 0 Å². The van der Waals surface area contributed by atoms with Crippen LogP contribution in [0.3, 0.4) is 0 Å². The van der Waals surface area contributed by atoms with Crippen molar-refractivity contribution in [2.75, 3.05) is 44.7 Å². The fraction of sp³-hybridized carbons (Fsp3) is 0.613. The molecule has 0 saturated carbocycles. The number of nitriles is 1. The van der Waals surface area contributed by atoms with Crippen molar-refractivity contribution in [1.82, 2.24) is 24.7 Å². The van der Waals surface area contributed by atoms with Gasteiger partial charge in [0.15, 0.2) is 0 Å². The lowest BCUT2D eigenvalue weighted by molar-refractivity contribution is 0.0144. The highest BCUT2D eigenvalue weighted by Gasteiger charge is 2.38. The number of carbonyl (C=O) groups is 1. The zero-order valence-corrected chi connectivity index (χ0v) is 25.0. The standard InChI is InChI=1S/C31H43N7O3/c1-22-27-26(20-37(22)18-23-10-7-6-8-11-23)33-29(40-21-25-12-9-15-35(25)5)34-28(27)36-16-17-38(24(19-36)13-14-32)30(39)41-31(2,3)4/h6-8,10-11,22,24-25H,9,12-13,15-21H2,1-5H3/t22?,24-,25-/m0/s1. The van der Waals surface area contributed by atoms with Gasteiger partial charge in [0.2, 0.25) is 0 Å². The first-order valence-corrected chi connectivity index (χ1v) is 14.8. The third kappa shape index (κ3) is 6.74. The van der Waals surface area contributed by atoms with E-state index in [1.54, 1.807) is 4.90 Å². The molecule has 0 aliphatic carbocycles. The monoisotopic (exact) mass is 561 g/mol. The van der Waals surface area contributed by atoms with Crippen LogP contribution >= 0.6 is 0 Å². The first kappa shape index (κ1) is 29.1. The van der Waals surface area contributed by atoms with Crippen molar-refractivity contribution in [3.8, 4) is 12.1 Å². The molecule has 4 heterocycles. The van der Waals surface area contributed by atoms with Gasteiger partial charge in [-0.3, -0.25) is 4.90 Å². The van der Waals surface area contributed by atoms with E-state index in [-0.39, 0.29) is 24.6 Å². The summed E-state index contributed by atoms with van der Waals surface area (Å²) in [5, 5.41) is 9.62. The highest BCUT2D eigenvalue weighted by atomic mass is 16.6. The average molecular weight is 562 g/mol. The van der Waals surface area contributed by atoms with Crippen molar-refractivity contribution in [3.63, 3.8) is 0 Å². The number of likely N-dealkylation sites (tertiary alicyclic amines) is 1. The van der Waals surface area contributed by atoms with Crippen molar-refractivity contribution in [2.24, 2.45) is 0 Å². The van der Waals surface area contributed by atoms with Gasteiger partial charge in [-0.05, 0) is 59.7 Å². The number of aromatic nitrogens is 2. The first-order chi connectivity index (χ1) is 19.6. The molecule has 220 valence electrons. The summed E-state index contributed by atoms with van der Waals surface area (Å²) in [6.45, 7) is 12.5. The van der Waals surface area contributed by atoms with Gasteiger partial charge in [0.05, 0.1) is 24.2 Å². The average Bonchev–Trinajstić information content (AvgIpc) is 3.48. The van der Waals surface area contributed by atoms with E-state index in [4.69, 9.17) is 19.4 Å². The zero-order valence-electron chi connectivity index (χ0n) is 25.0. The van der Waals surface area contributed by atoms with Gasteiger partial charge in [-0.1, -0.05) is 30.3 Å². The number of amides is 1. The Morgan fingerprint density at radius 1 is 1.12 bits per heavy atom. The summed E-state index contributed by atoms with van der Waals surface area (Å²) >= 11 is 0. The zero-order chi connectivity index (χ0) is 29.1. The number of benzene rings is 1. The minimum atomic E-state index is -0.601. The number of carbonyl (C=O) groups excluding carboxylic acids is 1. The number of rotatable bonds is 7. The van der Waals surface area contributed by atoms with Crippen molar-refractivity contribution >= 4 is 11.9 Å². The lowest BCUT2D eigenvalue weighted by Gasteiger charge is -2.42. The summed E-state index contributed by atoms with van der Waals surface area (Å²) in [6.07, 6.45) is 2.13. The number of fused-ring (bicyclic) bond motifs is 1. The molecule has 41 heavy (non-hydrogen) atoms. The molecule has 0 spiro atoms. The molecule has 3 atom stereocenters. The van der Waals surface area contributed by atoms with Crippen LogP contribution in [0.5, 0.6) is 6.01 Å². The highest BCUT2D eigenvalue weighted by molar-refractivity contribution is 5.69. The summed E-state index contributed by atoms with van der Waals surface area (Å²) in [4.78, 5) is 31.6. The molecule has 2 saturated heterocycles. The van der Waals surface area contributed by atoms with Crippen molar-refractivity contribution in [2.45, 2.75) is 83.8 Å². The van der Waals surface area contributed by atoms with Gasteiger partial charge in [-0.25, -0.2) is 4.79 Å². The van der Waals surface area contributed by atoms with Crippen LogP contribution in [-0.4, -0.2) is 88.3 Å². The van der Waals surface area contributed by atoms with Crippen LogP contribution in [0.2, 0.25) is 0 Å². The number of hydrogen-bond donors (Lipinski definition) is 0. The number of piperazine rings is 1. The van der Waals surface area contributed by atoms with E-state index in [0.717, 1.165) is 36.6 Å². The van der Waals surface area contributed by atoms with Crippen molar-refractivity contribution in [3.05, 3.63) is 47.2 Å². The van der Waals surface area contributed by atoms with Gasteiger partial charge >= 0.3 is 12.1 Å². The smallest absolute Gasteiger partial charge is 0.410 e. The van der Waals surface area contributed by atoms with Crippen LogP contribution in [0.25, 0.3) is 0 Å². The SMILES string of the molecule is CC1c2c(nc(OC[C@@H]3CCCN3C)nc2N2CCN(C(=O)OC(C)(C)C)[C@@H](CC#N)C2)CN1Cc1ccccc1. The Balaban J connectivity index is 1.42. The summed E-state index contributed by atoms with van der Waals surface area (Å²) in [6, 6.07) is 13.3. The van der Waals surface area contributed by atoms with Crippen LogP contribution in [0, 0.1) is 11.3 Å². The Morgan fingerprint density at radius 2 is 1.90 bits per heavy atom. The third-order valence-electron chi connectivity index (χ3n) is 8.34. The summed E-state index contributed by atoms with van der Waals surface area (Å²) < 4.78 is 11.9. The van der Waals surface area contributed by atoms with E-state index < -0.39 is 5.60 Å². The second kappa shape index (κ2) is 12.2. The van der Waals surface area contributed by atoms with Crippen LogP contribution < -0.4 is 9.64 Å². The van der Waals surface area contributed by atoms with Gasteiger partial charge in [0, 0.05) is 50.4 Å². The van der Waals surface area contributed by atoms with E-state index in [1.807, 2.05) is 26.8 Å². The Morgan fingerprint density at radius 3 is 2.59 bits per heavy atom. The van der Waals surface area contributed by atoms with Crippen molar-refractivity contribution in [1.29, 1.82) is 5.26 Å². The molecule has 3 aliphatic heterocycles. The molecule has 0 bridgehead atoms. The Bertz CT molecular complexity index is 1260. The van der Waals surface area contributed by atoms with E-state index >= 15 is 0 Å². The molecule has 1 amide bonds. The maximum absolute atomic E-state index is 13.0. The molecule has 10 nitrogen and oxygen atoms in total. The molecule has 1 unspecified atom stereocenters. The molecule has 5 rings (SSSR count). The normalized spacial score (nSPS) is 23.4. The number of hydrogen-bond acceptors (Lipinski definition) is 9. The third-order valence-corrected chi connectivity index (χ3v) is 8.34. The predicted octanol–water partition coefficient (Wildman–Crippen LogP) is 4.37. The molecule has 0 radical (unpaired) electrons. The number of anilines is 1. The maximum Gasteiger partial charge on any atom is 0.410 e. The van der Waals surface area contributed by atoms with Crippen LogP contribution in [0.1, 0.15) is 69.8 Å². The highest BCUT2D eigenvalue weighted by Crippen LogP contribution is 2.40. The summed E-state index contributed by atoms with van der Waals surface area (Å²) in [5.74, 6) is 0.847. The van der Waals surface area contributed by atoms with Gasteiger partial charge in [-0.2, -0.15) is 15.2 Å². The first-order valence-electron chi connectivity index (χ1n) is 14.8. The Kier molecular flexibility index (Phi) is 8.66. The van der Waals surface area contributed by atoms with E-state index in [9.17, 15) is 10.1 Å². The quantitative estimate of drug-likeness (QED) is 0.488. The van der Waals surface area contributed by atoms with E-state index in [0.29, 0.717) is 44.8 Å². The number of ether oxygens (including phenoxy) is 2. The van der Waals surface area contributed by atoms with Crippen LogP contribution in [-0.2, 0) is 17.8 Å². The molecule has 1 aromatic heterocycles. The Labute approximate surface area is 243 Å². The largest absolute Gasteiger partial charge is 0.462 e. The van der Waals surface area contributed by atoms with Gasteiger partial charge < -0.3 is 24.2 Å². The fourth-order valence-corrected chi connectivity index (χ4v) is 6.11. The minimum Gasteiger partial charge on any atom is -0.462 e. The summed E-state index contributed by atoms with van der Waals surface area (Å²) in [7, 11) is 2.14. The second-order valence-corrected chi connectivity index (χ2v) is 12.5. The predicted molar refractivity (Wildman–Crippen MR) is 156 cm³/mol. The van der Waals surface area contributed by atoms with Gasteiger partial charge in [0.1, 0.15) is 18.0 Å². The van der Waals surface area contributed by atoms with Crippen molar-refractivity contribution < 1.29 is 14.3 Å². The molecular weight excluding hydrogens is 518 g/mol. The molecule has 0 N–H and O–H groups in total. The Hall–Kier alpha value is -3.42. The van der Waals surface area contributed by atoms with Crippen LogP contribution in [0.15, 0.2) is 30.3 Å². The maximum atomic E-state index is 13.0. The molecule has 10 heteroatoms. The lowest BCUT2D eigenvalue weighted by atomic mass is 10.1. The number of likely N-dealkylation sites (N-methyl/N-ethyl adjacent to an activating group) is 1. The molecule has 3 aliphatic rings. The lowest BCUT2D eigenvalue weighted by Crippen LogP contribution is -2.56. The van der Waals surface area contributed by atoms with E-state index in [1.165, 1.54) is 12.0 Å². The fourth-order valence-electron chi connectivity index (χ4n) is 6.11. The minimum absolute atomic E-state index is 0.105. The molecule has 1 aromatic carbocycles. The number of nitrogens with zero attached hydrogens (tertiary/aromatic N) is 7. The molecule has 2 aromatic rings. The molecule has 2 fully saturated rings. The molecular formula is C31H43N7O3. The van der Waals surface area contributed by atoms with Gasteiger partial charge in [0.25, 0.3) is 0 Å². The second-order valence-electron chi connectivity index (χ2n) is 12.5. The summed E-state index contributed by atoms with van der Waals surface area (Å²) in [5.41, 5.74) is 2.74. The van der Waals surface area contributed by atoms with E-state index in [2.05, 4.69) is 59.0 Å². The topological polar surface area (TPSA) is 98.1 Å². The van der Waals surface area contributed by atoms with Crippen LogP contribution in [0.4, 0.5) is 10.6 Å².